The fraction of sp³-hybridized carbons (Fsp3) is 0.389. The predicted molar refractivity (Wildman–Crippen MR) is 89.4 cm³/mol. The normalized spacial score (nSPS) is 11.3. The highest BCUT2D eigenvalue weighted by Gasteiger charge is 2.11. The van der Waals surface area contributed by atoms with E-state index in [-0.39, 0.29) is 22.7 Å². The number of nitrogens with zero attached hydrogens (tertiary/aromatic N) is 2. The van der Waals surface area contributed by atoms with Crippen molar-refractivity contribution in [3.63, 3.8) is 0 Å². The van der Waals surface area contributed by atoms with Crippen molar-refractivity contribution in [2.24, 2.45) is 11.1 Å². The molecule has 1 amide bonds. The van der Waals surface area contributed by atoms with Gasteiger partial charge in [0, 0.05) is 0 Å². The minimum atomic E-state index is -0.681. The van der Waals surface area contributed by atoms with Gasteiger partial charge in [0.05, 0.1) is 12.4 Å². The lowest BCUT2D eigenvalue weighted by Gasteiger charge is -2.17. The third-order valence-corrected chi connectivity index (χ3v) is 3.48. The average Bonchev–Trinajstić information content (AvgIpc) is 2.49. The second-order valence-corrected chi connectivity index (χ2v) is 6.89. The van der Waals surface area contributed by atoms with E-state index in [2.05, 4.69) is 30.7 Å². The molecule has 1 aromatic heterocycles. The molecular formula is C18H22FN3O2. The number of nitrogens with two attached hydrogens (primary N) is 1. The van der Waals surface area contributed by atoms with Gasteiger partial charge in [-0.05, 0) is 42.4 Å². The minimum Gasteiger partial charge on any atom is -0.434 e. The molecule has 2 N–H and O–H groups in total. The molecule has 1 heterocycles. The van der Waals surface area contributed by atoms with Crippen LogP contribution in [0.4, 0.5) is 4.39 Å². The maximum absolute atomic E-state index is 14.2. The molecule has 0 fully saturated rings. The van der Waals surface area contributed by atoms with E-state index in [1.54, 1.807) is 6.07 Å². The molecule has 0 radical (unpaired) electrons. The Morgan fingerprint density at radius 3 is 2.54 bits per heavy atom. The van der Waals surface area contributed by atoms with Gasteiger partial charge < -0.3 is 10.5 Å². The van der Waals surface area contributed by atoms with Gasteiger partial charge in [0.15, 0.2) is 11.6 Å². The van der Waals surface area contributed by atoms with Crippen LogP contribution in [0.5, 0.6) is 11.6 Å². The summed E-state index contributed by atoms with van der Waals surface area (Å²) in [7, 11) is 0. The first-order chi connectivity index (χ1) is 11.2. The average molecular weight is 331 g/mol. The molecule has 0 aliphatic rings. The van der Waals surface area contributed by atoms with Crippen LogP contribution < -0.4 is 10.5 Å². The van der Waals surface area contributed by atoms with E-state index in [1.807, 2.05) is 6.07 Å². The zero-order chi connectivity index (χ0) is 17.7. The number of benzene rings is 1. The van der Waals surface area contributed by atoms with Crippen LogP contribution in [0.1, 0.15) is 49.7 Å². The van der Waals surface area contributed by atoms with E-state index in [4.69, 9.17) is 10.5 Å². The number of carbonyl (C=O) groups is 1. The second kappa shape index (κ2) is 7.38. The molecule has 0 bridgehead atoms. The highest BCUT2D eigenvalue weighted by molar-refractivity contribution is 5.90. The Bertz CT molecular complexity index is 709. The Hall–Kier alpha value is -2.50. The molecule has 5 nitrogen and oxygen atoms in total. The highest BCUT2D eigenvalue weighted by atomic mass is 19.1. The summed E-state index contributed by atoms with van der Waals surface area (Å²) in [6.45, 7) is 6.57. The summed E-state index contributed by atoms with van der Waals surface area (Å²) in [5.41, 5.74) is 6.31. The largest absolute Gasteiger partial charge is 0.434 e. The molecule has 0 aliphatic heterocycles. The predicted octanol–water partition coefficient (Wildman–Crippen LogP) is 3.88. The molecular weight excluding hydrogens is 309 g/mol. The number of aryl methyl sites for hydroxylation is 1. The maximum atomic E-state index is 14.2. The Balaban J connectivity index is 2.00. The van der Waals surface area contributed by atoms with Gasteiger partial charge in [0.2, 0.25) is 5.88 Å². The third kappa shape index (κ3) is 5.30. The number of aromatic nitrogens is 2. The number of rotatable bonds is 6. The molecule has 2 rings (SSSR count). The summed E-state index contributed by atoms with van der Waals surface area (Å²) in [6, 6.07) is 4.89. The lowest BCUT2D eigenvalue weighted by Crippen LogP contribution is -2.13. The molecule has 24 heavy (non-hydrogen) atoms. The lowest BCUT2D eigenvalue weighted by molar-refractivity contribution is 0.0995. The number of carbonyl (C=O) groups excluding carboxylic acids is 1. The van der Waals surface area contributed by atoms with Crippen molar-refractivity contribution < 1.29 is 13.9 Å². The van der Waals surface area contributed by atoms with Gasteiger partial charge in [-0.25, -0.2) is 14.4 Å². The van der Waals surface area contributed by atoms with Gasteiger partial charge in [0.1, 0.15) is 5.69 Å². The zero-order valence-electron chi connectivity index (χ0n) is 14.2. The summed E-state index contributed by atoms with van der Waals surface area (Å²) < 4.78 is 19.5. The van der Waals surface area contributed by atoms with Gasteiger partial charge in [-0.15, -0.1) is 0 Å². The number of hydrogen-bond donors (Lipinski definition) is 1. The monoisotopic (exact) mass is 331 g/mol. The summed E-state index contributed by atoms with van der Waals surface area (Å²) in [5.74, 6) is -0.973. The topological polar surface area (TPSA) is 78.1 Å². The number of ether oxygens (including phenoxy) is 1. The number of halogens is 1. The van der Waals surface area contributed by atoms with Crippen molar-refractivity contribution in [1.82, 2.24) is 9.97 Å². The van der Waals surface area contributed by atoms with E-state index in [9.17, 15) is 9.18 Å². The quantitative estimate of drug-likeness (QED) is 0.871. The first kappa shape index (κ1) is 17.8. The maximum Gasteiger partial charge on any atom is 0.268 e. The lowest BCUT2D eigenvalue weighted by atomic mass is 9.89. The molecule has 0 aliphatic carbocycles. The number of primary amides is 1. The van der Waals surface area contributed by atoms with Crippen LogP contribution >= 0.6 is 0 Å². The SMILES string of the molecule is CC(C)(C)CCCc1ccc(Oc2cnc(C(N)=O)cn2)c(F)c1. The second-order valence-electron chi connectivity index (χ2n) is 6.89. The van der Waals surface area contributed by atoms with Crippen LogP contribution in [0.15, 0.2) is 30.6 Å². The fourth-order valence-electron chi connectivity index (χ4n) is 2.21. The molecule has 0 saturated carbocycles. The number of amides is 1. The van der Waals surface area contributed by atoms with Crippen LogP contribution in [0.3, 0.4) is 0 Å². The molecule has 0 saturated heterocycles. The van der Waals surface area contributed by atoms with Crippen molar-refractivity contribution in [2.75, 3.05) is 0 Å². The summed E-state index contributed by atoms with van der Waals surface area (Å²) in [5, 5.41) is 0. The van der Waals surface area contributed by atoms with Gasteiger partial charge in [-0.2, -0.15) is 0 Å². The molecule has 6 heteroatoms. The van der Waals surface area contributed by atoms with Gasteiger partial charge in [-0.3, -0.25) is 4.79 Å². The molecule has 0 spiro atoms. The van der Waals surface area contributed by atoms with Crippen molar-refractivity contribution in [3.8, 4) is 11.6 Å². The van der Waals surface area contributed by atoms with Crippen molar-refractivity contribution in [3.05, 3.63) is 47.7 Å². The molecule has 0 atom stereocenters. The van der Waals surface area contributed by atoms with Crippen LogP contribution in [0.25, 0.3) is 0 Å². The fourth-order valence-corrected chi connectivity index (χ4v) is 2.21. The van der Waals surface area contributed by atoms with Gasteiger partial charge in [0.25, 0.3) is 5.91 Å². The van der Waals surface area contributed by atoms with E-state index in [0.29, 0.717) is 0 Å². The first-order valence-corrected chi connectivity index (χ1v) is 7.83. The van der Waals surface area contributed by atoms with Crippen LogP contribution in [0, 0.1) is 11.2 Å². The summed E-state index contributed by atoms with van der Waals surface area (Å²) in [4.78, 5) is 18.6. The Kier molecular flexibility index (Phi) is 5.49. The minimum absolute atomic E-state index is 0.0250. The van der Waals surface area contributed by atoms with Crippen molar-refractivity contribution in [1.29, 1.82) is 0 Å². The third-order valence-electron chi connectivity index (χ3n) is 3.48. The zero-order valence-corrected chi connectivity index (χ0v) is 14.2. The molecule has 128 valence electrons. The van der Waals surface area contributed by atoms with Gasteiger partial charge >= 0.3 is 0 Å². The molecule has 1 aromatic carbocycles. The first-order valence-electron chi connectivity index (χ1n) is 7.83. The Labute approximate surface area is 141 Å². The van der Waals surface area contributed by atoms with Crippen LogP contribution in [0.2, 0.25) is 0 Å². The number of hydrogen-bond acceptors (Lipinski definition) is 4. The smallest absolute Gasteiger partial charge is 0.268 e. The van der Waals surface area contributed by atoms with Gasteiger partial charge in [-0.1, -0.05) is 26.8 Å². The van der Waals surface area contributed by atoms with E-state index < -0.39 is 11.7 Å². The van der Waals surface area contributed by atoms with E-state index in [1.165, 1.54) is 18.5 Å². The summed E-state index contributed by atoms with van der Waals surface area (Å²) >= 11 is 0. The Morgan fingerprint density at radius 2 is 2.00 bits per heavy atom. The summed E-state index contributed by atoms with van der Waals surface area (Å²) in [6.07, 6.45) is 5.33. The van der Waals surface area contributed by atoms with Crippen molar-refractivity contribution in [2.45, 2.75) is 40.0 Å². The molecule has 0 unspecified atom stereocenters. The molecule has 2 aromatic rings. The van der Waals surface area contributed by atoms with E-state index >= 15 is 0 Å². The highest BCUT2D eigenvalue weighted by Crippen LogP contribution is 2.26. The van der Waals surface area contributed by atoms with Crippen LogP contribution in [-0.4, -0.2) is 15.9 Å². The van der Waals surface area contributed by atoms with E-state index in [0.717, 1.165) is 24.8 Å². The van der Waals surface area contributed by atoms with Crippen LogP contribution in [-0.2, 0) is 6.42 Å². The Morgan fingerprint density at radius 1 is 1.25 bits per heavy atom. The van der Waals surface area contributed by atoms with Crippen molar-refractivity contribution >= 4 is 5.91 Å². The standard InChI is InChI=1S/C18H22FN3O2/c1-18(2,3)8-4-5-12-6-7-15(13(19)9-12)24-16-11-21-14(10-22-16)17(20)23/h6-7,9-11H,4-5,8H2,1-3H3,(H2,20,23).